The lowest BCUT2D eigenvalue weighted by Crippen LogP contribution is -2.33. The molecule has 0 bridgehead atoms. The highest BCUT2D eigenvalue weighted by atomic mass is 32.1. The molecule has 3 heterocycles. The number of nitrogens with zero attached hydrogens (tertiary/aromatic N) is 4. The number of benzene rings is 1. The first kappa shape index (κ1) is 19.0. The number of nitrogens with one attached hydrogen (secondary N) is 1. The van der Waals surface area contributed by atoms with Gasteiger partial charge in [-0.2, -0.15) is 0 Å². The third kappa shape index (κ3) is 3.23. The van der Waals surface area contributed by atoms with Crippen LogP contribution in [-0.2, 0) is 14.9 Å². The predicted molar refractivity (Wildman–Crippen MR) is 111 cm³/mol. The van der Waals surface area contributed by atoms with Crippen LogP contribution in [0.5, 0.6) is 0 Å². The fourth-order valence-corrected chi connectivity index (χ4v) is 4.04. The number of hydrogen-bond donors (Lipinski definition) is 1. The van der Waals surface area contributed by atoms with Gasteiger partial charge in [-0.1, -0.05) is 6.07 Å². The third-order valence-electron chi connectivity index (χ3n) is 4.96. The Labute approximate surface area is 171 Å². The molecule has 0 aliphatic carbocycles. The van der Waals surface area contributed by atoms with Crippen LogP contribution in [0.25, 0.3) is 11.3 Å². The van der Waals surface area contributed by atoms with E-state index in [0.717, 1.165) is 22.5 Å². The lowest BCUT2D eigenvalue weighted by atomic mass is 9.85. The zero-order chi connectivity index (χ0) is 20.8. The van der Waals surface area contributed by atoms with Gasteiger partial charge in [0.05, 0.1) is 18.2 Å². The van der Waals surface area contributed by atoms with Crippen molar-refractivity contribution in [3.63, 3.8) is 0 Å². The molecule has 29 heavy (non-hydrogen) atoms. The molecule has 4 rings (SSSR count). The SMILES string of the molecule is COC(=O)c1ccc(Nc2nc(-c3ccc4c(c3)C(C)(C)C(=O)N4C)cs2)nn1. The maximum Gasteiger partial charge on any atom is 0.358 e. The number of ether oxygens (including phenoxy) is 1. The van der Waals surface area contributed by atoms with Gasteiger partial charge in [0.15, 0.2) is 16.6 Å². The Kier molecular flexibility index (Phi) is 4.54. The van der Waals surface area contributed by atoms with E-state index in [-0.39, 0.29) is 11.6 Å². The van der Waals surface area contributed by atoms with E-state index in [4.69, 9.17) is 0 Å². The molecule has 1 aromatic carbocycles. The number of fused-ring (bicyclic) bond motifs is 1. The summed E-state index contributed by atoms with van der Waals surface area (Å²) in [5.41, 5.74) is 3.24. The highest BCUT2D eigenvalue weighted by Crippen LogP contribution is 2.42. The van der Waals surface area contributed by atoms with E-state index in [9.17, 15) is 9.59 Å². The van der Waals surface area contributed by atoms with Crippen LogP contribution in [0.15, 0.2) is 35.7 Å². The van der Waals surface area contributed by atoms with Gasteiger partial charge in [0.25, 0.3) is 0 Å². The van der Waals surface area contributed by atoms with Crippen molar-refractivity contribution in [3.8, 4) is 11.3 Å². The largest absolute Gasteiger partial charge is 0.464 e. The molecular weight excluding hydrogens is 390 g/mol. The second-order valence-electron chi connectivity index (χ2n) is 7.18. The van der Waals surface area contributed by atoms with Crippen LogP contribution in [-0.4, -0.2) is 41.2 Å². The molecular formula is C20H19N5O3S. The number of methoxy groups -OCH3 is 1. The van der Waals surface area contributed by atoms with Crippen molar-refractivity contribution >= 4 is 39.9 Å². The molecule has 1 N–H and O–H groups in total. The zero-order valence-corrected chi connectivity index (χ0v) is 17.2. The summed E-state index contributed by atoms with van der Waals surface area (Å²) in [5, 5.41) is 13.5. The molecule has 0 spiro atoms. The topological polar surface area (TPSA) is 97.3 Å². The van der Waals surface area contributed by atoms with Gasteiger partial charge in [-0.15, -0.1) is 21.5 Å². The van der Waals surface area contributed by atoms with Gasteiger partial charge in [0.2, 0.25) is 5.91 Å². The van der Waals surface area contributed by atoms with Crippen LogP contribution in [0.2, 0.25) is 0 Å². The number of likely N-dealkylation sites (N-methyl/N-ethyl adjacent to an activating group) is 1. The standard InChI is InChI=1S/C20H19N5O3S/c1-20(2)12-9-11(5-7-15(12)25(3)18(20)27)14-10-29-19(21-14)22-16-8-6-13(23-24-16)17(26)28-4/h5-10H,1-4H3,(H,21,22,24). The highest BCUT2D eigenvalue weighted by Gasteiger charge is 2.42. The van der Waals surface area contributed by atoms with E-state index in [1.165, 1.54) is 24.5 Å². The van der Waals surface area contributed by atoms with E-state index in [0.29, 0.717) is 10.9 Å². The first-order valence-corrected chi connectivity index (χ1v) is 9.77. The molecule has 1 aliphatic heterocycles. The molecule has 2 aromatic heterocycles. The summed E-state index contributed by atoms with van der Waals surface area (Å²) in [7, 11) is 3.09. The number of aromatic nitrogens is 3. The van der Waals surface area contributed by atoms with E-state index in [2.05, 4.69) is 25.2 Å². The molecule has 148 valence electrons. The van der Waals surface area contributed by atoms with Crippen LogP contribution >= 0.6 is 11.3 Å². The molecule has 8 nitrogen and oxygen atoms in total. The fourth-order valence-electron chi connectivity index (χ4n) is 3.32. The van der Waals surface area contributed by atoms with Crippen LogP contribution in [0.1, 0.15) is 29.9 Å². The summed E-state index contributed by atoms with van der Waals surface area (Å²) in [6, 6.07) is 9.13. The van der Waals surface area contributed by atoms with Gasteiger partial charge in [-0.05, 0) is 43.7 Å². The number of carbonyl (C=O) groups is 2. The van der Waals surface area contributed by atoms with E-state index < -0.39 is 11.4 Å². The Morgan fingerprint density at radius 1 is 1.21 bits per heavy atom. The summed E-state index contributed by atoms with van der Waals surface area (Å²) in [5.74, 6) is 0.0179. The second-order valence-corrected chi connectivity index (χ2v) is 8.04. The zero-order valence-electron chi connectivity index (χ0n) is 16.4. The minimum atomic E-state index is -0.561. The molecule has 1 amide bonds. The van der Waals surface area contributed by atoms with Crippen molar-refractivity contribution in [2.24, 2.45) is 0 Å². The van der Waals surface area contributed by atoms with Crippen LogP contribution in [0.3, 0.4) is 0 Å². The lowest BCUT2D eigenvalue weighted by Gasteiger charge is -2.16. The molecule has 9 heteroatoms. The summed E-state index contributed by atoms with van der Waals surface area (Å²) >= 11 is 1.43. The number of amides is 1. The highest BCUT2D eigenvalue weighted by molar-refractivity contribution is 7.14. The van der Waals surface area contributed by atoms with Gasteiger partial charge in [0.1, 0.15) is 0 Å². The molecule has 0 atom stereocenters. The Balaban J connectivity index is 1.57. The van der Waals surface area contributed by atoms with Crippen molar-refractivity contribution in [1.82, 2.24) is 15.2 Å². The van der Waals surface area contributed by atoms with Crippen molar-refractivity contribution in [1.29, 1.82) is 0 Å². The van der Waals surface area contributed by atoms with Crippen molar-refractivity contribution in [2.75, 3.05) is 24.4 Å². The predicted octanol–water partition coefficient (Wildman–Crippen LogP) is 3.38. The van der Waals surface area contributed by atoms with Gasteiger partial charge in [-0.25, -0.2) is 9.78 Å². The first-order chi connectivity index (χ1) is 13.8. The average Bonchev–Trinajstić information content (AvgIpc) is 3.26. The molecule has 0 unspecified atom stereocenters. The van der Waals surface area contributed by atoms with Gasteiger partial charge < -0.3 is 15.0 Å². The van der Waals surface area contributed by atoms with E-state index >= 15 is 0 Å². The first-order valence-electron chi connectivity index (χ1n) is 8.89. The van der Waals surface area contributed by atoms with Crippen molar-refractivity contribution < 1.29 is 14.3 Å². The summed E-state index contributed by atoms with van der Waals surface area (Å²) in [6.45, 7) is 3.87. The number of esters is 1. The van der Waals surface area contributed by atoms with Crippen LogP contribution < -0.4 is 10.2 Å². The smallest absolute Gasteiger partial charge is 0.358 e. The van der Waals surface area contributed by atoms with Crippen LogP contribution in [0, 0.1) is 0 Å². The molecule has 0 saturated heterocycles. The van der Waals surface area contributed by atoms with Crippen molar-refractivity contribution in [3.05, 3.63) is 47.0 Å². The normalized spacial score (nSPS) is 14.6. The fraction of sp³-hybridized carbons (Fsp3) is 0.250. The van der Waals surface area contributed by atoms with E-state index in [1.54, 1.807) is 18.0 Å². The molecule has 3 aromatic rings. The number of anilines is 3. The minimum Gasteiger partial charge on any atom is -0.464 e. The average molecular weight is 409 g/mol. The molecule has 0 saturated carbocycles. The summed E-state index contributed by atoms with van der Waals surface area (Å²) in [4.78, 5) is 30.2. The Morgan fingerprint density at radius 3 is 2.69 bits per heavy atom. The molecule has 0 radical (unpaired) electrons. The Morgan fingerprint density at radius 2 is 2.00 bits per heavy atom. The number of thiazole rings is 1. The van der Waals surface area contributed by atoms with Crippen molar-refractivity contribution in [2.45, 2.75) is 19.3 Å². The minimum absolute atomic E-state index is 0.0826. The number of hydrogen-bond acceptors (Lipinski definition) is 8. The second kappa shape index (κ2) is 6.93. The summed E-state index contributed by atoms with van der Waals surface area (Å²) < 4.78 is 4.61. The number of carbonyl (C=O) groups excluding carboxylic acids is 2. The Hall–Kier alpha value is -3.33. The van der Waals surface area contributed by atoms with E-state index in [1.807, 2.05) is 37.4 Å². The molecule has 1 aliphatic rings. The van der Waals surface area contributed by atoms with Gasteiger partial charge >= 0.3 is 5.97 Å². The number of rotatable bonds is 4. The monoisotopic (exact) mass is 409 g/mol. The van der Waals surface area contributed by atoms with Gasteiger partial charge in [0, 0.05) is 23.7 Å². The van der Waals surface area contributed by atoms with Crippen LogP contribution in [0.4, 0.5) is 16.6 Å². The Bertz CT molecular complexity index is 1110. The summed E-state index contributed by atoms with van der Waals surface area (Å²) in [6.07, 6.45) is 0. The maximum atomic E-state index is 12.5. The quantitative estimate of drug-likeness (QED) is 0.660. The third-order valence-corrected chi connectivity index (χ3v) is 5.72. The van der Waals surface area contributed by atoms with Gasteiger partial charge in [-0.3, -0.25) is 4.79 Å². The maximum absolute atomic E-state index is 12.5. The molecule has 0 fully saturated rings. The lowest BCUT2D eigenvalue weighted by molar-refractivity contribution is -0.121.